The zero-order valence-corrected chi connectivity index (χ0v) is 18.7. The van der Waals surface area contributed by atoms with Crippen molar-refractivity contribution in [2.45, 2.75) is 37.0 Å². The van der Waals surface area contributed by atoms with E-state index in [-0.39, 0.29) is 23.9 Å². The molecule has 0 saturated carbocycles. The van der Waals surface area contributed by atoms with Gasteiger partial charge in [-0.3, -0.25) is 9.89 Å². The van der Waals surface area contributed by atoms with Gasteiger partial charge >= 0.3 is 0 Å². The summed E-state index contributed by atoms with van der Waals surface area (Å²) in [5.74, 6) is -0.00228. The largest absolute Gasteiger partial charge is 0.371 e. The number of fused-ring (bicyclic) bond motifs is 1. The van der Waals surface area contributed by atoms with Crippen molar-refractivity contribution >= 4 is 27.4 Å². The number of anilines is 2. The number of amides is 1. The van der Waals surface area contributed by atoms with Crippen molar-refractivity contribution in [1.82, 2.24) is 14.5 Å². The summed E-state index contributed by atoms with van der Waals surface area (Å²) in [6, 6.07) is 15.4. The summed E-state index contributed by atoms with van der Waals surface area (Å²) in [6.07, 6.45) is 0.299. The average Bonchev–Trinajstić information content (AvgIpc) is 3.43. The van der Waals surface area contributed by atoms with Crippen LogP contribution in [0.2, 0.25) is 0 Å². The molecule has 2 aliphatic rings. The predicted molar refractivity (Wildman–Crippen MR) is 122 cm³/mol. The highest BCUT2D eigenvalue weighted by molar-refractivity contribution is 7.89. The number of nitrogens with zero attached hydrogens (tertiary/aromatic N) is 3. The van der Waals surface area contributed by atoms with Crippen LogP contribution in [0.25, 0.3) is 0 Å². The summed E-state index contributed by atoms with van der Waals surface area (Å²) in [5.41, 5.74) is 2.74. The number of carbonyl (C=O) groups excluding carboxylic acids is 1. The highest BCUT2D eigenvalue weighted by Gasteiger charge is 2.34. The number of halogens is 1. The first-order valence-corrected chi connectivity index (χ1v) is 12.3. The molecule has 10 heteroatoms. The molecule has 2 aromatic carbocycles. The maximum absolute atomic E-state index is 13.4. The maximum Gasteiger partial charge on any atom is 0.256 e. The van der Waals surface area contributed by atoms with E-state index in [4.69, 9.17) is 0 Å². The molecule has 33 heavy (non-hydrogen) atoms. The molecule has 1 aromatic heterocycles. The van der Waals surface area contributed by atoms with Gasteiger partial charge in [0.05, 0.1) is 17.1 Å². The third-order valence-electron chi connectivity index (χ3n) is 6.15. The third-order valence-corrected chi connectivity index (χ3v) is 7.96. The molecule has 0 bridgehead atoms. The van der Waals surface area contributed by atoms with E-state index >= 15 is 0 Å². The lowest BCUT2D eigenvalue weighted by molar-refractivity contribution is 0.102. The molecule has 3 heterocycles. The van der Waals surface area contributed by atoms with Gasteiger partial charge in [0.25, 0.3) is 5.91 Å². The van der Waals surface area contributed by atoms with Crippen LogP contribution in [-0.2, 0) is 23.1 Å². The highest BCUT2D eigenvalue weighted by Crippen LogP contribution is 2.31. The van der Waals surface area contributed by atoms with Crippen molar-refractivity contribution in [3.8, 4) is 0 Å². The molecule has 8 nitrogen and oxygen atoms in total. The molecule has 0 atom stereocenters. The van der Waals surface area contributed by atoms with Crippen LogP contribution < -0.4 is 10.2 Å². The van der Waals surface area contributed by atoms with Crippen LogP contribution in [0.5, 0.6) is 0 Å². The van der Waals surface area contributed by atoms with Crippen LogP contribution in [0, 0.1) is 0 Å². The molecule has 172 valence electrons. The summed E-state index contributed by atoms with van der Waals surface area (Å²) in [4.78, 5) is 15.1. The molecular weight excluding hydrogens is 445 g/mol. The lowest BCUT2D eigenvalue weighted by Gasteiger charge is -2.30. The van der Waals surface area contributed by atoms with Crippen LogP contribution in [0.4, 0.5) is 15.9 Å². The van der Waals surface area contributed by atoms with E-state index in [0.29, 0.717) is 48.6 Å². The van der Waals surface area contributed by atoms with Gasteiger partial charge < -0.3 is 10.2 Å². The topological polar surface area (TPSA) is 98.4 Å². The minimum atomic E-state index is -3.65. The SMILES string of the molecule is O=C(Nc1n[nH]c2c1CN(S(=O)(=O)c1ccccc1)C2)c1ccc(N2CCC(F)CC2)cc1. The Morgan fingerprint density at radius 3 is 2.42 bits per heavy atom. The normalized spacial score (nSPS) is 17.2. The molecule has 0 radical (unpaired) electrons. The Balaban J connectivity index is 1.26. The molecule has 2 aliphatic heterocycles. The van der Waals surface area contributed by atoms with Crippen molar-refractivity contribution in [3.63, 3.8) is 0 Å². The van der Waals surface area contributed by atoms with Gasteiger partial charge in [-0.15, -0.1) is 0 Å². The molecule has 1 amide bonds. The fourth-order valence-corrected chi connectivity index (χ4v) is 5.63. The highest BCUT2D eigenvalue weighted by atomic mass is 32.2. The summed E-state index contributed by atoms with van der Waals surface area (Å²) in [5, 5.41) is 9.80. The quantitative estimate of drug-likeness (QED) is 0.598. The van der Waals surface area contributed by atoms with Gasteiger partial charge in [0.15, 0.2) is 5.82 Å². The van der Waals surface area contributed by atoms with Gasteiger partial charge in [0.1, 0.15) is 6.17 Å². The first kappa shape index (κ1) is 21.6. The van der Waals surface area contributed by atoms with E-state index in [2.05, 4.69) is 20.4 Å². The van der Waals surface area contributed by atoms with Gasteiger partial charge in [-0.05, 0) is 49.2 Å². The lowest BCUT2D eigenvalue weighted by Crippen LogP contribution is -2.34. The smallest absolute Gasteiger partial charge is 0.256 e. The van der Waals surface area contributed by atoms with Crippen LogP contribution in [0.3, 0.4) is 0 Å². The van der Waals surface area contributed by atoms with Gasteiger partial charge in [-0.1, -0.05) is 18.2 Å². The molecule has 2 N–H and O–H groups in total. The Bertz CT molecular complexity index is 1250. The molecule has 5 rings (SSSR count). The van der Waals surface area contributed by atoms with Gasteiger partial charge in [0, 0.05) is 36.4 Å². The van der Waals surface area contributed by atoms with Crippen molar-refractivity contribution in [2.24, 2.45) is 0 Å². The molecule has 3 aromatic rings. The molecule has 1 saturated heterocycles. The van der Waals surface area contributed by atoms with Crippen LogP contribution in [0.15, 0.2) is 59.5 Å². The Morgan fingerprint density at radius 1 is 1.03 bits per heavy atom. The number of aromatic nitrogens is 2. The van der Waals surface area contributed by atoms with E-state index < -0.39 is 16.2 Å². The summed E-state index contributed by atoms with van der Waals surface area (Å²) in [6.45, 7) is 1.62. The van der Waals surface area contributed by atoms with E-state index in [1.807, 2.05) is 12.1 Å². The molecule has 1 fully saturated rings. The minimum absolute atomic E-state index is 0.127. The Hall–Kier alpha value is -3.24. The number of sulfonamides is 1. The number of hydrogen-bond donors (Lipinski definition) is 2. The van der Waals surface area contributed by atoms with Gasteiger partial charge in [-0.25, -0.2) is 12.8 Å². The first-order valence-electron chi connectivity index (χ1n) is 10.8. The number of piperidine rings is 1. The second kappa shape index (κ2) is 8.60. The van der Waals surface area contributed by atoms with E-state index in [9.17, 15) is 17.6 Å². The third kappa shape index (κ3) is 4.23. The Morgan fingerprint density at radius 2 is 1.73 bits per heavy atom. The Labute approximate surface area is 191 Å². The fourth-order valence-electron chi connectivity index (χ4n) is 4.24. The standard InChI is InChI=1S/C23H24FN5O3S/c24-17-10-12-28(13-11-17)18-8-6-16(7-9-18)23(30)25-22-20-14-29(15-21(20)26-27-22)33(31,32)19-4-2-1-3-5-19/h1-9,17H,10-15H2,(H2,25,26,27,30). The van der Waals surface area contributed by atoms with Crippen LogP contribution in [-0.4, -0.2) is 48.1 Å². The monoisotopic (exact) mass is 469 g/mol. The van der Waals surface area contributed by atoms with Crippen molar-refractivity contribution in [2.75, 3.05) is 23.3 Å². The molecule has 0 aliphatic carbocycles. The molecule has 0 spiro atoms. The summed E-state index contributed by atoms with van der Waals surface area (Å²) < 4.78 is 40.6. The number of benzene rings is 2. The maximum atomic E-state index is 13.4. The van der Waals surface area contributed by atoms with E-state index in [1.165, 1.54) is 4.31 Å². The molecular formula is C23H24FN5O3S. The number of aromatic amines is 1. The second-order valence-electron chi connectivity index (χ2n) is 8.28. The zero-order chi connectivity index (χ0) is 23.0. The predicted octanol–water partition coefficient (Wildman–Crippen LogP) is 3.30. The zero-order valence-electron chi connectivity index (χ0n) is 17.9. The average molecular weight is 470 g/mol. The van der Waals surface area contributed by atoms with E-state index in [1.54, 1.807) is 42.5 Å². The lowest BCUT2D eigenvalue weighted by atomic mass is 10.1. The fraction of sp³-hybridized carbons (Fsp3) is 0.304. The van der Waals surface area contributed by atoms with Crippen LogP contribution in [0.1, 0.15) is 34.5 Å². The van der Waals surface area contributed by atoms with Gasteiger partial charge in [0.2, 0.25) is 10.0 Å². The number of H-pyrrole nitrogens is 1. The van der Waals surface area contributed by atoms with Crippen LogP contribution >= 0.6 is 0 Å². The first-order chi connectivity index (χ1) is 15.9. The number of rotatable bonds is 5. The number of nitrogens with one attached hydrogen (secondary N) is 2. The summed E-state index contributed by atoms with van der Waals surface area (Å²) >= 11 is 0. The minimum Gasteiger partial charge on any atom is -0.371 e. The van der Waals surface area contributed by atoms with E-state index in [0.717, 1.165) is 5.69 Å². The van der Waals surface area contributed by atoms with Crippen molar-refractivity contribution in [3.05, 3.63) is 71.4 Å². The number of carbonyl (C=O) groups is 1. The van der Waals surface area contributed by atoms with Gasteiger partial charge in [-0.2, -0.15) is 9.40 Å². The van der Waals surface area contributed by atoms with Crippen molar-refractivity contribution in [1.29, 1.82) is 0 Å². The number of hydrogen-bond acceptors (Lipinski definition) is 5. The Kier molecular flexibility index (Phi) is 5.63. The second-order valence-corrected chi connectivity index (χ2v) is 10.2. The van der Waals surface area contributed by atoms with Crippen molar-refractivity contribution < 1.29 is 17.6 Å². The molecule has 0 unspecified atom stereocenters. The number of alkyl halides is 1. The summed E-state index contributed by atoms with van der Waals surface area (Å²) in [7, 11) is -3.65.